The van der Waals surface area contributed by atoms with Crippen molar-refractivity contribution in [2.24, 2.45) is 4.99 Å². The van der Waals surface area contributed by atoms with E-state index >= 15 is 0 Å². The van der Waals surface area contributed by atoms with Crippen molar-refractivity contribution in [2.45, 2.75) is 13.0 Å². The summed E-state index contributed by atoms with van der Waals surface area (Å²) < 4.78 is 0. The molecule has 1 aromatic carbocycles. The van der Waals surface area contributed by atoms with Crippen molar-refractivity contribution in [3.8, 4) is 6.19 Å². The van der Waals surface area contributed by atoms with Gasteiger partial charge in [-0.05, 0) is 42.5 Å². The number of hydrogen-bond donors (Lipinski definition) is 2. The minimum Gasteiger partial charge on any atom is -0.312 e. The molecule has 2 N–H and O–H groups in total. The van der Waals surface area contributed by atoms with Crippen molar-refractivity contribution >= 4 is 22.6 Å². The van der Waals surface area contributed by atoms with Gasteiger partial charge in [0.15, 0.2) is 11.4 Å². The minimum absolute atomic E-state index is 0.626. The molecule has 0 saturated heterocycles. The number of nitrogens with one attached hydrogen (secondary N) is 2. The van der Waals surface area contributed by atoms with Crippen LogP contribution in [0.25, 0.3) is 0 Å². The average molecular weight is 246 g/mol. The van der Waals surface area contributed by atoms with E-state index in [1.807, 2.05) is 18.5 Å². The first-order valence-corrected chi connectivity index (χ1v) is 6.66. The number of rotatable bonds is 1. The Balaban J connectivity index is 2.25. The molecule has 1 heterocycles. The Morgan fingerprint density at radius 1 is 1.53 bits per heavy atom. The molecule has 0 atom stereocenters. The van der Waals surface area contributed by atoms with Gasteiger partial charge in [-0.3, -0.25) is 5.32 Å². The molecule has 1 aliphatic heterocycles. The first kappa shape index (κ1) is 12.0. The number of amidine groups is 1. The van der Waals surface area contributed by atoms with Crippen molar-refractivity contribution in [1.82, 2.24) is 10.6 Å². The normalized spacial score (nSPS) is 14.9. The monoisotopic (exact) mass is 246 g/mol. The van der Waals surface area contributed by atoms with E-state index in [4.69, 9.17) is 5.26 Å². The molecule has 0 spiro atoms. The van der Waals surface area contributed by atoms with Crippen LogP contribution in [0, 0.1) is 11.5 Å². The fourth-order valence-electron chi connectivity index (χ4n) is 1.82. The second-order valence-electron chi connectivity index (χ2n) is 3.74. The highest BCUT2D eigenvalue weighted by molar-refractivity contribution is 8.13. The smallest absolute Gasteiger partial charge is 0.183 e. The van der Waals surface area contributed by atoms with Crippen LogP contribution < -0.4 is 10.6 Å². The van der Waals surface area contributed by atoms with Gasteiger partial charge in [-0.1, -0.05) is 17.8 Å². The van der Waals surface area contributed by atoms with Crippen molar-refractivity contribution in [1.29, 1.82) is 5.26 Å². The zero-order valence-electron chi connectivity index (χ0n) is 9.66. The van der Waals surface area contributed by atoms with Crippen LogP contribution in [0.3, 0.4) is 0 Å². The third kappa shape index (κ3) is 2.99. The second kappa shape index (κ2) is 5.71. The lowest BCUT2D eigenvalue weighted by Crippen LogP contribution is -2.23. The summed E-state index contributed by atoms with van der Waals surface area (Å²) in [6.45, 7) is 1.96. The lowest BCUT2D eigenvalue weighted by molar-refractivity contribution is 0.644. The standard InChI is InChI=1S/C12H14N4S/c1-17-12(15-8-13)16-11-3-2-10-7-14-5-4-9(10)6-11/h2-3,6,14H,4-5,7H2,1H3,(H,15,16). The van der Waals surface area contributed by atoms with Crippen LogP contribution in [0.5, 0.6) is 0 Å². The largest absolute Gasteiger partial charge is 0.312 e. The van der Waals surface area contributed by atoms with Crippen LogP contribution in [-0.4, -0.2) is 18.0 Å². The van der Waals surface area contributed by atoms with Gasteiger partial charge >= 0.3 is 0 Å². The molecule has 0 aromatic heterocycles. The quantitative estimate of drug-likeness (QED) is 0.343. The van der Waals surface area contributed by atoms with Gasteiger partial charge in [-0.15, -0.1) is 0 Å². The Bertz CT molecular complexity index is 476. The molecule has 0 saturated carbocycles. The van der Waals surface area contributed by atoms with E-state index in [1.165, 1.54) is 22.9 Å². The molecule has 0 amide bonds. The second-order valence-corrected chi connectivity index (χ2v) is 4.53. The molecule has 88 valence electrons. The lowest BCUT2D eigenvalue weighted by atomic mass is 10.0. The Hall–Kier alpha value is -1.51. The summed E-state index contributed by atoms with van der Waals surface area (Å²) in [6, 6.07) is 6.19. The molecule has 0 bridgehead atoms. The number of thioether (sulfide) groups is 1. The molecule has 1 aliphatic rings. The maximum Gasteiger partial charge on any atom is 0.183 e. The Morgan fingerprint density at radius 2 is 2.41 bits per heavy atom. The van der Waals surface area contributed by atoms with E-state index in [1.54, 1.807) is 0 Å². The van der Waals surface area contributed by atoms with Crippen molar-refractivity contribution in [3.63, 3.8) is 0 Å². The molecule has 0 aliphatic carbocycles. The Kier molecular flexibility index (Phi) is 4.02. The van der Waals surface area contributed by atoms with Gasteiger partial charge in [0.2, 0.25) is 0 Å². The zero-order valence-corrected chi connectivity index (χ0v) is 10.5. The minimum atomic E-state index is 0.626. The number of benzene rings is 1. The highest BCUT2D eigenvalue weighted by atomic mass is 32.2. The van der Waals surface area contributed by atoms with Crippen molar-refractivity contribution < 1.29 is 0 Å². The van der Waals surface area contributed by atoms with E-state index in [0.717, 1.165) is 25.2 Å². The summed E-state index contributed by atoms with van der Waals surface area (Å²) in [5, 5.41) is 15.1. The highest BCUT2D eigenvalue weighted by Gasteiger charge is 2.08. The predicted octanol–water partition coefficient (Wildman–Crippen LogP) is 1.75. The fraction of sp³-hybridized carbons (Fsp3) is 0.333. The topological polar surface area (TPSA) is 60.2 Å². The van der Waals surface area contributed by atoms with Gasteiger partial charge in [0.05, 0.1) is 5.69 Å². The molecule has 0 unspecified atom stereocenters. The third-order valence-corrected chi connectivity index (χ3v) is 3.24. The van der Waals surface area contributed by atoms with E-state index in [0.29, 0.717) is 5.17 Å². The van der Waals surface area contributed by atoms with Crippen LogP contribution in [0.1, 0.15) is 11.1 Å². The van der Waals surface area contributed by atoms with E-state index in [2.05, 4.69) is 27.8 Å². The molecule has 5 heteroatoms. The van der Waals surface area contributed by atoms with Crippen LogP contribution >= 0.6 is 11.8 Å². The van der Waals surface area contributed by atoms with E-state index < -0.39 is 0 Å². The molecule has 0 fully saturated rings. The van der Waals surface area contributed by atoms with Crippen LogP contribution in [0.4, 0.5) is 5.69 Å². The molecule has 1 aromatic rings. The van der Waals surface area contributed by atoms with Crippen LogP contribution in [-0.2, 0) is 13.0 Å². The van der Waals surface area contributed by atoms with Gasteiger partial charge in [0.25, 0.3) is 0 Å². The summed E-state index contributed by atoms with van der Waals surface area (Å²) in [5.74, 6) is 0. The molecule has 17 heavy (non-hydrogen) atoms. The lowest BCUT2D eigenvalue weighted by Gasteiger charge is -2.17. The van der Waals surface area contributed by atoms with Gasteiger partial charge in [0.1, 0.15) is 0 Å². The molecular formula is C12H14N4S. The van der Waals surface area contributed by atoms with Crippen LogP contribution in [0.2, 0.25) is 0 Å². The van der Waals surface area contributed by atoms with Gasteiger partial charge in [0, 0.05) is 6.54 Å². The highest BCUT2D eigenvalue weighted by Crippen LogP contribution is 2.21. The number of hydrogen-bond acceptors (Lipinski definition) is 4. The van der Waals surface area contributed by atoms with Gasteiger partial charge in [-0.2, -0.15) is 5.26 Å². The van der Waals surface area contributed by atoms with Gasteiger partial charge < -0.3 is 5.32 Å². The SMILES string of the molecule is CSC(=Nc1ccc2c(c1)CCNC2)NC#N. The summed E-state index contributed by atoms with van der Waals surface area (Å²) in [4.78, 5) is 4.40. The summed E-state index contributed by atoms with van der Waals surface area (Å²) in [6.07, 6.45) is 4.82. The predicted molar refractivity (Wildman–Crippen MR) is 71.2 cm³/mol. The van der Waals surface area contributed by atoms with E-state index in [-0.39, 0.29) is 0 Å². The maximum atomic E-state index is 8.57. The molecule has 4 nitrogen and oxygen atoms in total. The first-order chi connectivity index (χ1) is 8.33. The van der Waals surface area contributed by atoms with Gasteiger partial charge in [-0.25, -0.2) is 4.99 Å². The fourth-order valence-corrected chi connectivity index (χ4v) is 2.17. The summed E-state index contributed by atoms with van der Waals surface area (Å²) >= 11 is 1.43. The van der Waals surface area contributed by atoms with E-state index in [9.17, 15) is 0 Å². The zero-order chi connectivity index (χ0) is 12.1. The number of fused-ring (bicyclic) bond motifs is 1. The van der Waals surface area contributed by atoms with Crippen molar-refractivity contribution in [3.05, 3.63) is 29.3 Å². The summed E-state index contributed by atoms with van der Waals surface area (Å²) in [5.41, 5.74) is 3.59. The number of aliphatic imine (C=N–C) groups is 1. The number of nitriles is 1. The molecular weight excluding hydrogens is 232 g/mol. The average Bonchev–Trinajstić information content (AvgIpc) is 2.38. The Labute approximate surface area is 105 Å². The Morgan fingerprint density at radius 3 is 3.18 bits per heavy atom. The van der Waals surface area contributed by atoms with Crippen molar-refractivity contribution in [2.75, 3.05) is 12.8 Å². The summed E-state index contributed by atoms with van der Waals surface area (Å²) in [7, 11) is 0. The molecule has 0 radical (unpaired) electrons. The number of nitrogens with zero attached hydrogens (tertiary/aromatic N) is 2. The van der Waals surface area contributed by atoms with Crippen LogP contribution in [0.15, 0.2) is 23.2 Å². The maximum absolute atomic E-state index is 8.57. The first-order valence-electron chi connectivity index (χ1n) is 5.44. The molecule has 2 rings (SSSR count). The third-order valence-electron chi connectivity index (χ3n) is 2.66.